The number of piperazine rings is 1. The van der Waals surface area contributed by atoms with Crippen molar-refractivity contribution in [1.29, 1.82) is 0 Å². The van der Waals surface area contributed by atoms with E-state index in [0.717, 1.165) is 48.2 Å². The molecule has 0 aliphatic carbocycles. The summed E-state index contributed by atoms with van der Waals surface area (Å²) in [6.07, 6.45) is 0. The second-order valence-electron chi connectivity index (χ2n) is 6.55. The number of methoxy groups -OCH3 is 1. The second kappa shape index (κ2) is 8.25. The molecular weight excluding hydrogens is 358 g/mol. The third kappa shape index (κ3) is 3.78. The average molecular weight is 384 g/mol. The van der Waals surface area contributed by atoms with E-state index >= 15 is 0 Å². The van der Waals surface area contributed by atoms with Crippen LogP contribution in [0.25, 0.3) is 10.2 Å². The molecule has 1 atom stereocenters. The lowest BCUT2D eigenvalue weighted by atomic mass is 10.0. The van der Waals surface area contributed by atoms with E-state index in [4.69, 9.17) is 14.5 Å². The first-order chi connectivity index (χ1) is 13.3. The smallest absolute Gasteiger partial charge is 0.161 e. The Morgan fingerprint density at radius 3 is 2.70 bits per heavy atom. The van der Waals surface area contributed by atoms with Crippen LogP contribution >= 0.6 is 11.3 Å². The van der Waals surface area contributed by atoms with Crippen LogP contribution in [0.2, 0.25) is 0 Å². The highest BCUT2D eigenvalue weighted by Gasteiger charge is 2.27. The normalized spacial score (nSPS) is 16.4. The number of aromatic nitrogens is 1. The minimum Gasteiger partial charge on any atom is -0.493 e. The predicted molar refractivity (Wildman–Crippen MR) is 110 cm³/mol. The summed E-state index contributed by atoms with van der Waals surface area (Å²) in [5, 5.41) is 4.57. The van der Waals surface area contributed by atoms with Crippen LogP contribution < -0.4 is 14.8 Å². The number of nitrogens with zero attached hydrogens (tertiary/aromatic N) is 2. The summed E-state index contributed by atoms with van der Waals surface area (Å²) in [5.74, 6) is 1.56. The summed E-state index contributed by atoms with van der Waals surface area (Å²) in [7, 11) is 1.69. The van der Waals surface area contributed by atoms with Crippen LogP contribution in [0, 0.1) is 0 Å². The van der Waals surface area contributed by atoms with E-state index in [2.05, 4.69) is 40.5 Å². The van der Waals surface area contributed by atoms with Gasteiger partial charge in [0.1, 0.15) is 5.01 Å². The fourth-order valence-electron chi connectivity index (χ4n) is 3.59. The van der Waals surface area contributed by atoms with Gasteiger partial charge in [-0.2, -0.15) is 0 Å². The highest BCUT2D eigenvalue weighted by atomic mass is 32.1. The van der Waals surface area contributed by atoms with E-state index in [1.165, 1.54) is 10.3 Å². The average Bonchev–Trinajstić information content (AvgIpc) is 3.13. The first-order valence-electron chi connectivity index (χ1n) is 9.41. The Balaban J connectivity index is 1.77. The van der Waals surface area contributed by atoms with Gasteiger partial charge in [-0.15, -0.1) is 11.3 Å². The van der Waals surface area contributed by atoms with Gasteiger partial charge in [0.25, 0.3) is 0 Å². The topological polar surface area (TPSA) is 46.6 Å². The van der Waals surface area contributed by atoms with Gasteiger partial charge in [-0.1, -0.05) is 18.2 Å². The third-order valence-corrected chi connectivity index (χ3v) is 5.95. The van der Waals surface area contributed by atoms with Crippen molar-refractivity contribution < 1.29 is 9.47 Å². The lowest BCUT2D eigenvalue weighted by Crippen LogP contribution is -2.45. The molecule has 0 spiro atoms. The molecule has 1 fully saturated rings. The van der Waals surface area contributed by atoms with Gasteiger partial charge < -0.3 is 14.8 Å². The summed E-state index contributed by atoms with van der Waals surface area (Å²) >= 11 is 1.78. The van der Waals surface area contributed by atoms with Crippen molar-refractivity contribution in [3.8, 4) is 11.5 Å². The number of benzene rings is 2. The quantitative estimate of drug-likeness (QED) is 0.703. The van der Waals surface area contributed by atoms with Crippen molar-refractivity contribution in [1.82, 2.24) is 15.2 Å². The largest absolute Gasteiger partial charge is 0.493 e. The lowest BCUT2D eigenvalue weighted by molar-refractivity contribution is 0.198. The van der Waals surface area contributed by atoms with E-state index in [9.17, 15) is 0 Å². The van der Waals surface area contributed by atoms with E-state index < -0.39 is 0 Å². The summed E-state index contributed by atoms with van der Waals surface area (Å²) in [5.41, 5.74) is 2.26. The number of para-hydroxylation sites is 1. The number of thiazole rings is 1. The molecule has 1 aromatic heterocycles. The Morgan fingerprint density at radius 1 is 1.15 bits per heavy atom. The highest BCUT2D eigenvalue weighted by molar-refractivity contribution is 7.18. The monoisotopic (exact) mass is 383 g/mol. The Kier molecular flexibility index (Phi) is 5.57. The second-order valence-corrected chi connectivity index (χ2v) is 7.61. The van der Waals surface area contributed by atoms with Crippen LogP contribution in [0.15, 0.2) is 42.5 Å². The molecule has 0 radical (unpaired) electrons. The summed E-state index contributed by atoms with van der Waals surface area (Å²) in [6, 6.07) is 14.7. The molecule has 1 saturated heterocycles. The van der Waals surface area contributed by atoms with Crippen molar-refractivity contribution in [2.45, 2.75) is 13.0 Å². The summed E-state index contributed by atoms with van der Waals surface area (Å²) < 4.78 is 12.5. The van der Waals surface area contributed by atoms with Crippen molar-refractivity contribution in [3.05, 3.63) is 53.0 Å². The zero-order chi connectivity index (χ0) is 18.6. The number of fused-ring (bicyclic) bond motifs is 1. The maximum absolute atomic E-state index is 5.70. The molecule has 0 saturated carbocycles. The molecule has 0 bridgehead atoms. The predicted octanol–water partition coefficient (Wildman–Crippen LogP) is 3.70. The molecule has 6 heteroatoms. The zero-order valence-corrected chi connectivity index (χ0v) is 16.6. The molecule has 142 valence electrons. The molecule has 0 amide bonds. The van der Waals surface area contributed by atoms with E-state index in [1.807, 2.05) is 19.1 Å². The molecule has 5 nitrogen and oxygen atoms in total. The molecule has 2 heterocycles. The molecule has 27 heavy (non-hydrogen) atoms. The number of ether oxygens (including phenoxy) is 2. The molecule has 3 aromatic rings. The van der Waals surface area contributed by atoms with Gasteiger partial charge in [-0.3, -0.25) is 4.90 Å². The van der Waals surface area contributed by atoms with E-state index in [0.29, 0.717) is 6.61 Å². The Hall–Kier alpha value is -2.15. The van der Waals surface area contributed by atoms with Gasteiger partial charge >= 0.3 is 0 Å². The minimum absolute atomic E-state index is 0.120. The molecule has 2 aromatic carbocycles. The number of nitrogens with one attached hydrogen (secondary N) is 1. The molecule has 1 N–H and O–H groups in total. The van der Waals surface area contributed by atoms with Gasteiger partial charge in [-0.25, -0.2) is 4.98 Å². The number of rotatable bonds is 6. The van der Waals surface area contributed by atoms with Crippen molar-refractivity contribution >= 4 is 21.6 Å². The van der Waals surface area contributed by atoms with E-state index in [-0.39, 0.29) is 6.04 Å². The summed E-state index contributed by atoms with van der Waals surface area (Å²) in [4.78, 5) is 7.47. The Labute approximate surface area is 163 Å². The zero-order valence-electron chi connectivity index (χ0n) is 15.8. The van der Waals surface area contributed by atoms with Gasteiger partial charge in [-0.05, 0) is 36.8 Å². The van der Waals surface area contributed by atoms with Crippen LogP contribution in [-0.2, 0) is 0 Å². The van der Waals surface area contributed by atoms with Crippen LogP contribution in [0.5, 0.6) is 11.5 Å². The van der Waals surface area contributed by atoms with Crippen LogP contribution in [0.1, 0.15) is 23.5 Å². The van der Waals surface area contributed by atoms with Gasteiger partial charge in [0, 0.05) is 26.2 Å². The molecule has 1 unspecified atom stereocenters. The molecule has 1 aliphatic rings. The van der Waals surface area contributed by atoms with Gasteiger partial charge in [0.2, 0.25) is 0 Å². The fraction of sp³-hybridized carbons (Fsp3) is 0.381. The number of hydrogen-bond acceptors (Lipinski definition) is 6. The SMILES string of the molecule is CCOc1ccc(C(c2nc3ccccc3s2)N2CCNCC2)cc1OC. The molecule has 1 aliphatic heterocycles. The first kappa shape index (κ1) is 18.2. The highest BCUT2D eigenvalue weighted by Crippen LogP contribution is 2.38. The first-order valence-corrected chi connectivity index (χ1v) is 10.2. The number of hydrogen-bond donors (Lipinski definition) is 1. The Bertz CT molecular complexity index is 872. The van der Waals surface area contributed by atoms with Gasteiger partial charge in [0.05, 0.1) is 30.0 Å². The Morgan fingerprint density at radius 2 is 1.96 bits per heavy atom. The van der Waals surface area contributed by atoms with Crippen molar-refractivity contribution in [2.75, 3.05) is 39.9 Å². The standard InChI is InChI=1S/C21H25N3O2S/c1-3-26-17-9-8-15(14-18(17)25-2)20(24-12-10-22-11-13-24)21-23-16-6-4-5-7-19(16)27-21/h4-9,14,20,22H,3,10-13H2,1-2H3. The van der Waals surface area contributed by atoms with E-state index in [1.54, 1.807) is 18.4 Å². The van der Waals surface area contributed by atoms with Crippen LogP contribution in [-0.4, -0.2) is 49.8 Å². The fourth-order valence-corrected chi connectivity index (χ4v) is 4.72. The third-order valence-electron chi connectivity index (χ3n) is 4.86. The summed E-state index contributed by atoms with van der Waals surface area (Å²) in [6.45, 7) is 6.59. The van der Waals surface area contributed by atoms with Crippen LogP contribution in [0.3, 0.4) is 0 Å². The molecule has 4 rings (SSSR count). The maximum atomic E-state index is 5.70. The lowest BCUT2D eigenvalue weighted by Gasteiger charge is -2.34. The minimum atomic E-state index is 0.120. The van der Waals surface area contributed by atoms with Crippen molar-refractivity contribution in [3.63, 3.8) is 0 Å². The van der Waals surface area contributed by atoms with Gasteiger partial charge in [0.15, 0.2) is 11.5 Å². The van der Waals surface area contributed by atoms with Crippen molar-refractivity contribution in [2.24, 2.45) is 0 Å². The maximum Gasteiger partial charge on any atom is 0.161 e. The molecular formula is C21H25N3O2S. The van der Waals surface area contributed by atoms with Crippen LogP contribution in [0.4, 0.5) is 0 Å².